The number of fused-ring (bicyclic) bond motifs is 1. The largest absolute Gasteiger partial charge is 0.488 e. The molecule has 0 amide bonds. The summed E-state index contributed by atoms with van der Waals surface area (Å²) in [5, 5.41) is 10.5. The van der Waals surface area contributed by atoms with E-state index < -0.39 is 5.97 Å². The standard InChI is InChI=1S/C36H37ClN2O7/c1-3-42-36(41)27-13-24(17-38-18-27)21-45-33-16-34(31(37)14-28(33)19-39-10-9-29(40)20-39)46-22-26-5-4-6-30(23(26)2)25-7-8-32-35(15-25)44-12-11-43-32/h4-8,13-18,29,40H,3,9-12,19-22H2,1-2H3/t29-/m0/s1. The van der Waals surface area contributed by atoms with E-state index in [1.165, 1.54) is 6.20 Å². The van der Waals surface area contributed by atoms with Crippen molar-refractivity contribution in [1.29, 1.82) is 0 Å². The number of carbonyl (C=O) groups is 1. The molecule has 0 unspecified atom stereocenters. The first kappa shape index (κ1) is 31.7. The molecule has 3 heterocycles. The summed E-state index contributed by atoms with van der Waals surface area (Å²) in [6, 6.07) is 17.5. The lowest BCUT2D eigenvalue weighted by Gasteiger charge is -2.21. The summed E-state index contributed by atoms with van der Waals surface area (Å²) in [4.78, 5) is 18.6. The predicted molar refractivity (Wildman–Crippen MR) is 174 cm³/mol. The van der Waals surface area contributed by atoms with Gasteiger partial charge in [-0.05, 0) is 66.8 Å². The van der Waals surface area contributed by atoms with Gasteiger partial charge in [0, 0.05) is 49.2 Å². The number of ether oxygens (including phenoxy) is 5. The Labute approximate surface area is 273 Å². The van der Waals surface area contributed by atoms with Crippen molar-refractivity contribution in [3.05, 3.63) is 99.8 Å². The predicted octanol–water partition coefficient (Wildman–Crippen LogP) is 6.38. The van der Waals surface area contributed by atoms with Crippen molar-refractivity contribution >= 4 is 17.6 Å². The number of rotatable bonds is 11. The second kappa shape index (κ2) is 14.4. The van der Waals surface area contributed by atoms with Crippen LogP contribution in [-0.4, -0.2) is 60.0 Å². The molecule has 4 aromatic rings. The molecule has 2 aliphatic rings. The summed E-state index contributed by atoms with van der Waals surface area (Å²) >= 11 is 6.78. The van der Waals surface area contributed by atoms with Gasteiger partial charge in [0.2, 0.25) is 0 Å². The molecule has 1 saturated heterocycles. The number of β-amino-alcohol motifs (C(OH)–C–C–N with tert-alkyl or cyclic N) is 1. The van der Waals surface area contributed by atoms with Crippen molar-refractivity contribution in [2.45, 2.75) is 46.1 Å². The molecule has 46 heavy (non-hydrogen) atoms. The van der Waals surface area contributed by atoms with Crippen molar-refractivity contribution in [3.8, 4) is 34.1 Å². The molecular formula is C36H37ClN2O7. The second-order valence-corrected chi connectivity index (χ2v) is 11.8. The molecule has 0 saturated carbocycles. The summed E-state index contributed by atoms with van der Waals surface area (Å²) in [6.45, 7) is 7.60. The smallest absolute Gasteiger partial charge is 0.339 e. The fourth-order valence-electron chi connectivity index (χ4n) is 5.71. The highest BCUT2D eigenvalue weighted by Gasteiger charge is 2.23. The monoisotopic (exact) mass is 644 g/mol. The maximum Gasteiger partial charge on any atom is 0.339 e. The van der Waals surface area contributed by atoms with E-state index >= 15 is 0 Å². The number of esters is 1. The number of hydrogen-bond acceptors (Lipinski definition) is 9. The highest BCUT2D eigenvalue weighted by molar-refractivity contribution is 6.32. The third kappa shape index (κ3) is 7.39. The molecule has 1 aromatic heterocycles. The third-order valence-corrected chi connectivity index (χ3v) is 8.43. The number of halogens is 1. The lowest BCUT2D eigenvalue weighted by atomic mass is 9.96. The molecule has 1 fully saturated rings. The first-order chi connectivity index (χ1) is 22.4. The number of pyridine rings is 1. The van der Waals surface area contributed by atoms with E-state index in [1.807, 2.05) is 42.5 Å². The van der Waals surface area contributed by atoms with Gasteiger partial charge >= 0.3 is 5.97 Å². The molecule has 1 N–H and O–H groups in total. The molecule has 3 aromatic carbocycles. The van der Waals surface area contributed by atoms with Crippen LogP contribution >= 0.6 is 11.6 Å². The van der Waals surface area contributed by atoms with Crippen LogP contribution in [0.15, 0.2) is 67.0 Å². The van der Waals surface area contributed by atoms with E-state index in [2.05, 4.69) is 22.9 Å². The normalized spacial score (nSPS) is 15.9. The molecule has 10 heteroatoms. The molecule has 240 valence electrons. The summed E-state index contributed by atoms with van der Waals surface area (Å²) in [5.74, 6) is 2.16. The Morgan fingerprint density at radius 2 is 1.83 bits per heavy atom. The lowest BCUT2D eigenvalue weighted by Crippen LogP contribution is -2.22. The number of aromatic nitrogens is 1. The van der Waals surface area contributed by atoms with Crippen LogP contribution in [0.1, 0.15) is 46.0 Å². The van der Waals surface area contributed by atoms with Crippen LogP contribution in [0.4, 0.5) is 0 Å². The minimum atomic E-state index is -0.430. The summed E-state index contributed by atoms with van der Waals surface area (Å²) in [5.41, 5.74) is 6.18. The van der Waals surface area contributed by atoms with Crippen molar-refractivity contribution < 1.29 is 33.6 Å². The zero-order valence-corrected chi connectivity index (χ0v) is 26.7. The van der Waals surface area contributed by atoms with E-state index in [-0.39, 0.29) is 19.3 Å². The van der Waals surface area contributed by atoms with Crippen LogP contribution in [0.5, 0.6) is 23.0 Å². The Bertz CT molecular complexity index is 1710. The van der Waals surface area contributed by atoms with Crippen LogP contribution in [0.3, 0.4) is 0 Å². The molecule has 9 nitrogen and oxygen atoms in total. The van der Waals surface area contributed by atoms with E-state index in [9.17, 15) is 9.90 Å². The van der Waals surface area contributed by atoms with Crippen LogP contribution in [0.2, 0.25) is 5.02 Å². The third-order valence-electron chi connectivity index (χ3n) is 8.14. The molecule has 0 radical (unpaired) electrons. The number of benzene rings is 3. The SMILES string of the molecule is CCOC(=O)c1cncc(COc2cc(OCc3cccc(-c4ccc5c(c4)OCCO5)c3C)c(Cl)cc2CN2CC[C@H](O)C2)c1. The Morgan fingerprint density at radius 1 is 1.00 bits per heavy atom. The molecule has 6 rings (SSSR count). The number of likely N-dealkylation sites (tertiary alicyclic amines) is 1. The fourth-order valence-corrected chi connectivity index (χ4v) is 5.95. The first-order valence-electron chi connectivity index (χ1n) is 15.5. The zero-order chi connectivity index (χ0) is 32.0. The van der Waals surface area contributed by atoms with Crippen LogP contribution in [-0.2, 0) is 24.5 Å². The Morgan fingerprint density at radius 3 is 2.63 bits per heavy atom. The minimum absolute atomic E-state index is 0.174. The minimum Gasteiger partial charge on any atom is -0.488 e. The van der Waals surface area contributed by atoms with E-state index in [0.29, 0.717) is 55.0 Å². The maximum atomic E-state index is 12.2. The zero-order valence-electron chi connectivity index (χ0n) is 26.0. The summed E-state index contributed by atoms with van der Waals surface area (Å²) in [6.07, 6.45) is 3.51. The van der Waals surface area contributed by atoms with Gasteiger partial charge in [0.05, 0.1) is 23.3 Å². The maximum absolute atomic E-state index is 12.2. The number of hydrogen-bond donors (Lipinski definition) is 1. The van der Waals surface area contributed by atoms with Gasteiger partial charge in [-0.3, -0.25) is 9.88 Å². The number of aliphatic hydroxyl groups is 1. The van der Waals surface area contributed by atoms with E-state index in [0.717, 1.165) is 57.8 Å². The lowest BCUT2D eigenvalue weighted by molar-refractivity contribution is 0.0525. The van der Waals surface area contributed by atoms with Crippen molar-refractivity contribution in [2.75, 3.05) is 32.9 Å². The highest BCUT2D eigenvalue weighted by atomic mass is 35.5. The Balaban J connectivity index is 1.22. The molecular weight excluding hydrogens is 608 g/mol. The Kier molecular flexibility index (Phi) is 9.92. The quantitative estimate of drug-likeness (QED) is 0.186. The summed E-state index contributed by atoms with van der Waals surface area (Å²) < 4.78 is 29.2. The summed E-state index contributed by atoms with van der Waals surface area (Å²) in [7, 11) is 0. The van der Waals surface area contributed by atoms with E-state index in [4.69, 9.17) is 35.3 Å². The van der Waals surface area contributed by atoms with Crippen molar-refractivity contribution in [1.82, 2.24) is 9.88 Å². The average Bonchev–Trinajstić information content (AvgIpc) is 3.48. The van der Waals surface area contributed by atoms with Gasteiger partial charge < -0.3 is 28.8 Å². The topological polar surface area (TPSA) is 99.6 Å². The van der Waals surface area contributed by atoms with Crippen LogP contribution in [0, 0.1) is 6.92 Å². The van der Waals surface area contributed by atoms with Gasteiger partial charge in [0.25, 0.3) is 0 Å². The number of aliphatic hydroxyl groups excluding tert-OH is 1. The van der Waals surface area contributed by atoms with Gasteiger partial charge in [-0.2, -0.15) is 0 Å². The molecule has 0 aliphatic carbocycles. The van der Waals surface area contributed by atoms with Gasteiger partial charge in [-0.25, -0.2) is 4.79 Å². The molecule has 2 aliphatic heterocycles. The average molecular weight is 645 g/mol. The molecule has 1 atom stereocenters. The Hall–Kier alpha value is -4.31. The number of nitrogens with zero attached hydrogens (tertiary/aromatic N) is 2. The second-order valence-electron chi connectivity index (χ2n) is 11.4. The van der Waals surface area contributed by atoms with Gasteiger partial charge in [-0.15, -0.1) is 0 Å². The van der Waals surface area contributed by atoms with Gasteiger partial charge in [-0.1, -0.05) is 35.9 Å². The number of carbonyl (C=O) groups excluding carboxylic acids is 1. The molecule has 0 bridgehead atoms. The highest BCUT2D eigenvalue weighted by Crippen LogP contribution is 2.38. The van der Waals surface area contributed by atoms with Gasteiger partial charge in [0.1, 0.15) is 37.9 Å². The first-order valence-corrected chi connectivity index (χ1v) is 15.8. The van der Waals surface area contributed by atoms with Crippen molar-refractivity contribution in [3.63, 3.8) is 0 Å². The molecule has 0 spiro atoms. The van der Waals surface area contributed by atoms with Crippen LogP contribution in [0.25, 0.3) is 11.1 Å². The van der Waals surface area contributed by atoms with Gasteiger partial charge in [0.15, 0.2) is 11.5 Å². The van der Waals surface area contributed by atoms with Crippen molar-refractivity contribution in [2.24, 2.45) is 0 Å². The fraction of sp³-hybridized carbons (Fsp3) is 0.333. The van der Waals surface area contributed by atoms with E-state index in [1.54, 1.807) is 19.2 Å². The van der Waals surface area contributed by atoms with Crippen LogP contribution < -0.4 is 18.9 Å².